The summed E-state index contributed by atoms with van der Waals surface area (Å²) in [5.41, 5.74) is 4.28. The molecule has 5 rings (SSSR count). The molecule has 1 aromatic heterocycles. The van der Waals surface area contributed by atoms with Crippen LogP contribution in [0.3, 0.4) is 0 Å². The summed E-state index contributed by atoms with van der Waals surface area (Å²) >= 11 is 0. The molecule has 1 aliphatic heterocycles. The van der Waals surface area contributed by atoms with Crippen LogP contribution in [0, 0.1) is 11.3 Å². The fourth-order valence-electron chi connectivity index (χ4n) is 6.17. The minimum atomic E-state index is -0.983. The summed E-state index contributed by atoms with van der Waals surface area (Å²) in [6, 6.07) is 12.9. The van der Waals surface area contributed by atoms with Crippen LogP contribution in [0.4, 0.5) is 0 Å². The number of benzene rings is 2. The quantitative estimate of drug-likeness (QED) is 0.316. The van der Waals surface area contributed by atoms with Gasteiger partial charge in [0.15, 0.2) is 5.82 Å². The van der Waals surface area contributed by atoms with Crippen LogP contribution in [0.2, 0.25) is 0 Å². The van der Waals surface area contributed by atoms with Gasteiger partial charge in [0, 0.05) is 43.9 Å². The van der Waals surface area contributed by atoms with Gasteiger partial charge < -0.3 is 20.9 Å². The minimum absolute atomic E-state index is 0.00726. The van der Waals surface area contributed by atoms with Gasteiger partial charge in [-0.1, -0.05) is 18.7 Å². The SMILES string of the molecule is C=C(CC1(c2nnn[nH]2)c2ccc(C(=O)NC)cc2CCc2cc(C(=O)NC)ccc21)NCC(=O)N1CCCC1C#N. The smallest absolute Gasteiger partial charge is 0.251 e. The Kier molecular flexibility index (Phi) is 8.01. The molecule has 42 heavy (non-hydrogen) atoms. The number of hydrogen-bond acceptors (Lipinski definition) is 8. The van der Waals surface area contributed by atoms with Gasteiger partial charge in [-0.05, 0) is 82.6 Å². The highest BCUT2D eigenvalue weighted by Gasteiger charge is 2.45. The molecule has 1 atom stereocenters. The fraction of sp³-hybridized carbons (Fsp3) is 0.367. The summed E-state index contributed by atoms with van der Waals surface area (Å²) in [6.07, 6.45) is 2.97. The summed E-state index contributed by atoms with van der Waals surface area (Å²) in [7, 11) is 3.18. The normalized spacial score (nSPS) is 16.8. The van der Waals surface area contributed by atoms with Crippen LogP contribution in [0.25, 0.3) is 0 Å². The highest BCUT2D eigenvalue weighted by Crippen LogP contribution is 2.47. The maximum Gasteiger partial charge on any atom is 0.251 e. The summed E-state index contributed by atoms with van der Waals surface area (Å²) < 4.78 is 0. The van der Waals surface area contributed by atoms with Crippen molar-refractivity contribution in [1.82, 2.24) is 41.5 Å². The molecule has 2 aliphatic rings. The number of rotatable bonds is 8. The van der Waals surface area contributed by atoms with Gasteiger partial charge >= 0.3 is 0 Å². The molecule has 0 radical (unpaired) electrons. The molecule has 12 heteroatoms. The number of hydrogen-bond donors (Lipinski definition) is 4. The molecule has 2 heterocycles. The molecule has 0 saturated carbocycles. The maximum atomic E-state index is 13.0. The van der Waals surface area contributed by atoms with Crippen molar-refractivity contribution in [3.8, 4) is 6.07 Å². The Morgan fingerprint density at radius 2 is 1.69 bits per heavy atom. The number of amides is 3. The van der Waals surface area contributed by atoms with Gasteiger partial charge in [0.2, 0.25) is 5.91 Å². The Morgan fingerprint density at radius 3 is 2.21 bits per heavy atom. The average molecular weight is 568 g/mol. The van der Waals surface area contributed by atoms with Gasteiger partial charge in [0.05, 0.1) is 18.0 Å². The van der Waals surface area contributed by atoms with E-state index in [2.05, 4.69) is 49.2 Å². The van der Waals surface area contributed by atoms with Crippen molar-refractivity contribution >= 4 is 17.7 Å². The number of carbonyl (C=O) groups excluding carboxylic acids is 3. The Labute approximate surface area is 243 Å². The van der Waals surface area contributed by atoms with Crippen LogP contribution in [0.15, 0.2) is 48.7 Å². The van der Waals surface area contributed by atoms with E-state index in [9.17, 15) is 19.6 Å². The second kappa shape index (κ2) is 11.8. The lowest BCUT2D eigenvalue weighted by Crippen LogP contribution is -2.41. The number of aromatic amines is 1. The minimum Gasteiger partial charge on any atom is -0.380 e. The van der Waals surface area contributed by atoms with Gasteiger partial charge in [0.1, 0.15) is 6.04 Å². The van der Waals surface area contributed by atoms with Crippen LogP contribution in [0.1, 0.15) is 68.1 Å². The maximum absolute atomic E-state index is 13.0. The molecule has 3 aromatic rings. The van der Waals surface area contributed by atoms with Crippen molar-refractivity contribution < 1.29 is 14.4 Å². The average Bonchev–Trinajstić information content (AvgIpc) is 3.71. The van der Waals surface area contributed by atoms with Crippen molar-refractivity contribution in [2.24, 2.45) is 0 Å². The molecule has 1 unspecified atom stereocenters. The number of nitrogens with one attached hydrogen (secondary N) is 4. The van der Waals surface area contributed by atoms with E-state index in [1.165, 1.54) is 0 Å². The third kappa shape index (κ3) is 5.09. The first-order valence-corrected chi connectivity index (χ1v) is 13.9. The molecule has 3 amide bonds. The number of aromatic nitrogens is 4. The number of aryl methyl sites for hydroxylation is 2. The van der Waals surface area contributed by atoms with Crippen LogP contribution < -0.4 is 16.0 Å². The molecular weight excluding hydrogens is 534 g/mol. The molecule has 1 saturated heterocycles. The Morgan fingerprint density at radius 1 is 1.07 bits per heavy atom. The number of allylic oxidation sites excluding steroid dienone is 1. The van der Waals surface area contributed by atoms with Gasteiger partial charge in [0.25, 0.3) is 11.8 Å². The van der Waals surface area contributed by atoms with E-state index in [0.29, 0.717) is 48.5 Å². The lowest BCUT2D eigenvalue weighted by atomic mass is 9.68. The summed E-state index contributed by atoms with van der Waals surface area (Å²) in [5.74, 6) is -0.0977. The highest BCUT2D eigenvalue weighted by atomic mass is 16.2. The van der Waals surface area contributed by atoms with Gasteiger partial charge in [-0.3, -0.25) is 14.4 Å². The lowest BCUT2D eigenvalue weighted by molar-refractivity contribution is -0.130. The third-order valence-electron chi connectivity index (χ3n) is 8.21. The summed E-state index contributed by atoms with van der Waals surface area (Å²) in [6.45, 7) is 4.83. The highest BCUT2D eigenvalue weighted by molar-refractivity contribution is 5.95. The number of nitriles is 1. The van der Waals surface area contributed by atoms with Crippen molar-refractivity contribution in [2.75, 3.05) is 27.2 Å². The molecule has 1 fully saturated rings. The fourth-order valence-corrected chi connectivity index (χ4v) is 6.17. The van der Waals surface area contributed by atoms with E-state index < -0.39 is 11.5 Å². The zero-order chi connectivity index (χ0) is 29.9. The van der Waals surface area contributed by atoms with Crippen molar-refractivity contribution in [3.05, 3.63) is 87.9 Å². The van der Waals surface area contributed by atoms with Crippen molar-refractivity contribution in [2.45, 2.75) is 43.6 Å². The van der Waals surface area contributed by atoms with Crippen LogP contribution in [-0.2, 0) is 23.1 Å². The van der Waals surface area contributed by atoms with Crippen LogP contribution in [-0.4, -0.2) is 76.5 Å². The molecule has 2 aromatic carbocycles. The Balaban J connectivity index is 1.60. The summed E-state index contributed by atoms with van der Waals surface area (Å²) in [5, 5.41) is 33.1. The first kappa shape index (κ1) is 28.5. The standard InChI is InChI=1S/C30H33N9O3/c1-18(34-17-26(40)39-12-4-5-23(39)16-31)15-30(29-35-37-38-36-29)24-10-8-21(27(41)32-2)13-19(24)6-7-20-14-22(28(42)33-3)9-11-25(20)30/h8-11,13-14,23,34H,1,4-7,12,15,17H2,2-3H3,(H,32,41)(H,33,42)(H,35,36,37,38). The first-order valence-electron chi connectivity index (χ1n) is 13.9. The summed E-state index contributed by atoms with van der Waals surface area (Å²) in [4.78, 5) is 39.7. The predicted molar refractivity (Wildman–Crippen MR) is 153 cm³/mol. The molecular formula is C30H33N9O3. The number of fused-ring (bicyclic) bond motifs is 2. The van der Waals surface area contributed by atoms with E-state index >= 15 is 0 Å². The third-order valence-corrected chi connectivity index (χ3v) is 8.21. The monoisotopic (exact) mass is 567 g/mol. The zero-order valence-corrected chi connectivity index (χ0v) is 23.7. The van der Waals surface area contributed by atoms with E-state index in [0.717, 1.165) is 28.7 Å². The first-order chi connectivity index (χ1) is 20.3. The second-order valence-corrected chi connectivity index (χ2v) is 10.6. The van der Waals surface area contributed by atoms with E-state index in [-0.39, 0.29) is 30.7 Å². The van der Waals surface area contributed by atoms with Crippen molar-refractivity contribution in [1.29, 1.82) is 5.26 Å². The van der Waals surface area contributed by atoms with Gasteiger partial charge in [-0.2, -0.15) is 5.26 Å². The molecule has 0 spiro atoms. The number of likely N-dealkylation sites (tertiary alicyclic amines) is 1. The number of nitrogens with zero attached hydrogens (tertiary/aromatic N) is 5. The van der Waals surface area contributed by atoms with E-state index in [1.807, 2.05) is 24.3 Å². The molecule has 12 nitrogen and oxygen atoms in total. The van der Waals surface area contributed by atoms with Gasteiger partial charge in [-0.15, -0.1) is 5.10 Å². The number of H-pyrrole nitrogens is 1. The Hall–Kier alpha value is -5.05. The zero-order valence-electron chi connectivity index (χ0n) is 23.7. The Bertz CT molecular complexity index is 1510. The molecule has 216 valence electrons. The van der Waals surface area contributed by atoms with Crippen LogP contribution in [0.5, 0.6) is 0 Å². The molecule has 0 bridgehead atoms. The predicted octanol–water partition coefficient (Wildman–Crippen LogP) is 1.36. The lowest BCUT2D eigenvalue weighted by Gasteiger charge is -2.35. The van der Waals surface area contributed by atoms with E-state index in [4.69, 9.17) is 0 Å². The molecule has 4 N–H and O–H groups in total. The topological polar surface area (TPSA) is 169 Å². The van der Waals surface area contributed by atoms with Crippen molar-refractivity contribution in [3.63, 3.8) is 0 Å². The van der Waals surface area contributed by atoms with Gasteiger partial charge in [-0.25, -0.2) is 5.10 Å². The van der Waals surface area contributed by atoms with E-state index in [1.54, 1.807) is 31.1 Å². The largest absolute Gasteiger partial charge is 0.380 e. The number of carbonyl (C=O) groups is 3. The molecule has 1 aliphatic carbocycles. The van der Waals surface area contributed by atoms with Crippen LogP contribution >= 0.6 is 0 Å². The second-order valence-electron chi connectivity index (χ2n) is 10.6. The number of tetrazole rings is 1.